The van der Waals surface area contributed by atoms with Crippen LogP contribution >= 0.6 is 0 Å². The van der Waals surface area contributed by atoms with Gasteiger partial charge in [0, 0.05) is 5.56 Å². The van der Waals surface area contributed by atoms with Crippen molar-refractivity contribution in [3.05, 3.63) is 48.1 Å². The number of allylic oxidation sites excluding steroid dienone is 2. The van der Waals surface area contributed by atoms with Gasteiger partial charge in [0.25, 0.3) is 0 Å². The highest BCUT2D eigenvalue weighted by Gasteiger charge is 1.95. The zero-order chi connectivity index (χ0) is 9.68. The molecule has 0 radical (unpaired) electrons. The molecule has 0 bridgehead atoms. The summed E-state index contributed by atoms with van der Waals surface area (Å²) in [6.07, 6.45) is 4.68. The summed E-state index contributed by atoms with van der Waals surface area (Å²) < 4.78 is 0. The van der Waals surface area contributed by atoms with Crippen molar-refractivity contribution >= 4 is 6.08 Å². The number of phenols is 1. The van der Waals surface area contributed by atoms with E-state index in [0.717, 1.165) is 12.0 Å². The molecule has 1 aromatic carbocycles. The van der Waals surface area contributed by atoms with Crippen molar-refractivity contribution in [3.8, 4) is 5.75 Å². The predicted molar refractivity (Wildman–Crippen MR) is 56.6 cm³/mol. The maximum Gasteiger partial charge on any atom is 0.122 e. The lowest BCUT2D eigenvalue weighted by molar-refractivity contribution is 0.474. The Morgan fingerprint density at radius 3 is 2.77 bits per heavy atom. The third-order valence-corrected chi connectivity index (χ3v) is 1.80. The number of hydrogen-bond donors (Lipinski definition) is 1. The minimum absolute atomic E-state index is 0.325. The van der Waals surface area contributed by atoms with E-state index in [1.54, 1.807) is 6.07 Å². The molecular weight excluding hydrogens is 160 g/mol. The Morgan fingerprint density at radius 1 is 1.46 bits per heavy atom. The summed E-state index contributed by atoms with van der Waals surface area (Å²) in [7, 11) is 0. The van der Waals surface area contributed by atoms with Crippen molar-refractivity contribution in [2.24, 2.45) is 0 Å². The van der Waals surface area contributed by atoms with Gasteiger partial charge < -0.3 is 5.11 Å². The molecule has 1 nitrogen and oxygen atoms in total. The van der Waals surface area contributed by atoms with Crippen molar-refractivity contribution in [1.82, 2.24) is 0 Å². The fourth-order valence-corrected chi connectivity index (χ4v) is 1.16. The van der Waals surface area contributed by atoms with Gasteiger partial charge in [-0.3, -0.25) is 0 Å². The molecule has 13 heavy (non-hydrogen) atoms. The summed E-state index contributed by atoms with van der Waals surface area (Å²) in [6.45, 7) is 5.68. The van der Waals surface area contributed by atoms with Crippen LogP contribution in [0.4, 0.5) is 0 Å². The summed E-state index contributed by atoms with van der Waals surface area (Å²) in [5.41, 5.74) is 2.05. The van der Waals surface area contributed by atoms with Crippen LogP contribution in [0, 0.1) is 0 Å². The second kappa shape index (κ2) is 4.51. The van der Waals surface area contributed by atoms with Gasteiger partial charge in [-0.1, -0.05) is 35.9 Å². The van der Waals surface area contributed by atoms with Crippen LogP contribution in [0.1, 0.15) is 18.9 Å². The van der Waals surface area contributed by atoms with E-state index < -0.39 is 0 Å². The van der Waals surface area contributed by atoms with Crippen LogP contribution in [0.15, 0.2) is 42.5 Å². The molecule has 0 aromatic heterocycles. The molecule has 1 N–H and O–H groups in total. The standard InChI is InChI=1S/C12H14O/c1-3-6-10(2)9-11-7-4-5-8-12(11)13/h3-5,7-9,13H,1,6H2,2H3/b10-9-. The SMILES string of the molecule is C=CC/C(C)=C\c1ccccc1O. The number of para-hydroxylation sites is 1. The van der Waals surface area contributed by atoms with Gasteiger partial charge in [0.1, 0.15) is 5.75 Å². The first-order valence-corrected chi connectivity index (χ1v) is 4.30. The Hall–Kier alpha value is -1.50. The first-order chi connectivity index (χ1) is 6.24. The Balaban J connectivity index is 2.90. The smallest absolute Gasteiger partial charge is 0.122 e. The second-order valence-corrected chi connectivity index (χ2v) is 3.04. The number of aromatic hydroxyl groups is 1. The van der Waals surface area contributed by atoms with E-state index in [0.29, 0.717) is 5.75 Å². The van der Waals surface area contributed by atoms with E-state index in [1.165, 1.54) is 5.57 Å². The zero-order valence-corrected chi connectivity index (χ0v) is 7.83. The lowest BCUT2D eigenvalue weighted by Gasteiger charge is -1.99. The van der Waals surface area contributed by atoms with Gasteiger partial charge in [0.05, 0.1) is 0 Å². The third kappa shape index (κ3) is 2.79. The second-order valence-electron chi connectivity index (χ2n) is 3.04. The van der Waals surface area contributed by atoms with Gasteiger partial charge in [-0.05, 0) is 19.4 Å². The largest absolute Gasteiger partial charge is 0.507 e. The van der Waals surface area contributed by atoms with Crippen LogP contribution < -0.4 is 0 Å². The molecule has 1 aromatic rings. The molecule has 0 saturated carbocycles. The molecule has 68 valence electrons. The summed E-state index contributed by atoms with van der Waals surface area (Å²) in [5, 5.41) is 9.46. The molecule has 0 atom stereocenters. The molecule has 1 rings (SSSR count). The highest BCUT2D eigenvalue weighted by atomic mass is 16.3. The molecule has 0 heterocycles. The highest BCUT2D eigenvalue weighted by Crippen LogP contribution is 2.19. The Bertz CT molecular complexity index is 324. The van der Waals surface area contributed by atoms with E-state index in [2.05, 4.69) is 6.58 Å². The summed E-state index contributed by atoms with van der Waals surface area (Å²) in [6, 6.07) is 7.30. The number of benzene rings is 1. The first-order valence-electron chi connectivity index (χ1n) is 4.30. The van der Waals surface area contributed by atoms with Gasteiger partial charge in [-0.15, -0.1) is 6.58 Å². The van der Waals surface area contributed by atoms with Crippen molar-refractivity contribution in [1.29, 1.82) is 0 Å². The molecule has 0 spiro atoms. The topological polar surface area (TPSA) is 20.2 Å². The zero-order valence-electron chi connectivity index (χ0n) is 7.83. The van der Waals surface area contributed by atoms with Crippen LogP contribution in [0.5, 0.6) is 5.75 Å². The minimum Gasteiger partial charge on any atom is -0.507 e. The summed E-state index contributed by atoms with van der Waals surface area (Å²) >= 11 is 0. The molecule has 0 aliphatic rings. The molecular formula is C12H14O. The molecule has 0 fully saturated rings. The number of rotatable bonds is 3. The molecule has 0 unspecified atom stereocenters. The van der Waals surface area contributed by atoms with Gasteiger partial charge in [0.2, 0.25) is 0 Å². The van der Waals surface area contributed by atoms with Gasteiger partial charge in [-0.2, -0.15) is 0 Å². The maximum atomic E-state index is 9.46. The van der Waals surface area contributed by atoms with E-state index in [1.807, 2.05) is 37.3 Å². The summed E-state index contributed by atoms with van der Waals surface area (Å²) in [5.74, 6) is 0.325. The van der Waals surface area contributed by atoms with Crippen molar-refractivity contribution < 1.29 is 5.11 Å². The fraction of sp³-hybridized carbons (Fsp3) is 0.167. The third-order valence-electron chi connectivity index (χ3n) is 1.80. The number of hydrogen-bond acceptors (Lipinski definition) is 1. The van der Waals surface area contributed by atoms with Crippen LogP contribution in [0.3, 0.4) is 0 Å². The Morgan fingerprint density at radius 2 is 2.15 bits per heavy atom. The molecule has 0 aliphatic carbocycles. The Kier molecular flexibility index (Phi) is 3.32. The van der Waals surface area contributed by atoms with E-state index >= 15 is 0 Å². The summed E-state index contributed by atoms with van der Waals surface area (Å²) in [4.78, 5) is 0. The van der Waals surface area contributed by atoms with E-state index in [9.17, 15) is 5.11 Å². The molecule has 1 heteroatoms. The van der Waals surface area contributed by atoms with Gasteiger partial charge >= 0.3 is 0 Å². The molecule has 0 amide bonds. The quantitative estimate of drug-likeness (QED) is 0.696. The average molecular weight is 174 g/mol. The lowest BCUT2D eigenvalue weighted by atomic mass is 10.1. The van der Waals surface area contributed by atoms with Crippen LogP contribution in [-0.2, 0) is 0 Å². The maximum absolute atomic E-state index is 9.46. The van der Waals surface area contributed by atoms with Crippen molar-refractivity contribution in [3.63, 3.8) is 0 Å². The number of phenolic OH excluding ortho intramolecular Hbond substituents is 1. The molecule has 0 aliphatic heterocycles. The highest BCUT2D eigenvalue weighted by molar-refractivity contribution is 5.58. The monoisotopic (exact) mass is 174 g/mol. The van der Waals surface area contributed by atoms with Gasteiger partial charge in [-0.25, -0.2) is 0 Å². The van der Waals surface area contributed by atoms with Crippen molar-refractivity contribution in [2.75, 3.05) is 0 Å². The van der Waals surface area contributed by atoms with Crippen LogP contribution in [0.25, 0.3) is 6.08 Å². The predicted octanol–water partition coefficient (Wildman–Crippen LogP) is 3.37. The first kappa shape index (κ1) is 9.59. The Labute approximate surface area is 79.0 Å². The fourth-order valence-electron chi connectivity index (χ4n) is 1.16. The van der Waals surface area contributed by atoms with Crippen LogP contribution in [-0.4, -0.2) is 5.11 Å². The lowest BCUT2D eigenvalue weighted by Crippen LogP contribution is -1.76. The van der Waals surface area contributed by atoms with Crippen molar-refractivity contribution in [2.45, 2.75) is 13.3 Å². The van der Waals surface area contributed by atoms with E-state index in [4.69, 9.17) is 0 Å². The normalized spacial score (nSPS) is 11.3. The minimum atomic E-state index is 0.325. The van der Waals surface area contributed by atoms with Crippen LogP contribution in [0.2, 0.25) is 0 Å². The average Bonchev–Trinajstić information content (AvgIpc) is 2.09. The van der Waals surface area contributed by atoms with Gasteiger partial charge in [0.15, 0.2) is 0 Å². The molecule has 0 saturated heterocycles. The van der Waals surface area contributed by atoms with E-state index in [-0.39, 0.29) is 0 Å².